The second kappa shape index (κ2) is 9.81. The van der Waals surface area contributed by atoms with Gasteiger partial charge >= 0.3 is 17.8 Å². The van der Waals surface area contributed by atoms with Crippen molar-refractivity contribution in [2.75, 3.05) is 17.2 Å². The van der Waals surface area contributed by atoms with Gasteiger partial charge in [-0.05, 0) is 30.7 Å². The highest BCUT2D eigenvalue weighted by Gasteiger charge is 2.19. The minimum atomic E-state index is -0.993. The van der Waals surface area contributed by atoms with Gasteiger partial charge in [-0.3, -0.25) is 19.7 Å². The van der Waals surface area contributed by atoms with E-state index >= 15 is 0 Å². The summed E-state index contributed by atoms with van der Waals surface area (Å²) in [5, 5.41) is 15.3. The summed E-state index contributed by atoms with van der Waals surface area (Å²) in [5.41, 5.74) is 0.360. The standard InChI is InChI=1S/C19H19N3O6/c1-2-3-12-28-19(25)15-6-4-5-7-16(15)21-18(24)17(23)20-13-8-10-14(11-9-13)22(26)27/h4-11H,2-3,12H2,1H3,(H,20,23)(H,21,24). The molecule has 9 heteroatoms. The number of nitrogens with zero attached hydrogens (tertiary/aromatic N) is 1. The van der Waals surface area contributed by atoms with Gasteiger partial charge in [0, 0.05) is 17.8 Å². The summed E-state index contributed by atoms with van der Waals surface area (Å²) in [6.45, 7) is 2.23. The molecule has 2 amide bonds. The lowest BCUT2D eigenvalue weighted by molar-refractivity contribution is -0.384. The Kier molecular flexibility index (Phi) is 7.21. The average molecular weight is 385 g/mol. The number of nitro groups is 1. The molecule has 0 unspecified atom stereocenters. The summed E-state index contributed by atoms with van der Waals surface area (Å²) in [6.07, 6.45) is 1.59. The fraction of sp³-hybridized carbons (Fsp3) is 0.211. The van der Waals surface area contributed by atoms with Gasteiger partial charge in [-0.25, -0.2) is 4.79 Å². The van der Waals surface area contributed by atoms with E-state index in [2.05, 4.69) is 10.6 Å². The van der Waals surface area contributed by atoms with Crippen LogP contribution in [0.3, 0.4) is 0 Å². The average Bonchev–Trinajstić information content (AvgIpc) is 2.68. The fourth-order valence-electron chi connectivity index (χ4n) is 2.19. The Morgan fingerprint density at radius 1 is 1.00 bits per heavy atom. The number of hydrogen-bond donors (Lipinski definition) is 2. The summed E-state index contributed by atoms with van der Waals surface area (Å²) < 4.78 is 5.13. The molecular formula is C19H19N3O6. The van der Waals surface area contributed by atoms with Crippen LogP contribution >= 0.6 is 0 Å². The number of non-ortho nitro benzene ring substituents is 1. The third-order valence-corrected chi connectivity index (χ3v) is 3.67. The maximum absolute atomic E-state index is 12.1. The number of benzene rings is 2. The second-order valence-corrected chi connectivity index (χ2v) is 5.75. The van der Waals surface area contributed by atoms with Crippen LogP contribution in [0.1, 0.15) is 30.1 Å². The first-order chi connectivity index (χ1) is 13.4. The summed E-state index contributed by atoms with van der Waals surface area (Å²) in [6, 6.07) is 11.2. The maximum atomic E-state index is 12.1. The van der Waals surface area contributed by atoms with Crippen LogP contribution in [0, 0.1) is 10.1 Å². The monoisotopic (exact) mass is 385 g/mol. The van der Waals surface area contributed by atoms with Gasteiger partial charge in [0.2, 0.25) is 0 Å². The number of hydrogen-bond acceptors (Lipinski definition) is 6. The Balaban J connectivity index is 2.02. The minimum Gasteiger partial charge on any atom is -0.462 e. The summed E-state index contributed by atoms with van der Waals surface area (Å²) in [5.74, 6) is -2.57. The topological polar surface area (TPSA) is 128 Å². The van der Waals surface area contributed by atoms with Crippen molar-refractivity contribution in [2.45, 2.75) is 19.8 Å². The van der Waals surface area contributed by atoms with Gasteiger partial charge in [0.25, 0.3) is 5.69 Å². The fourth-order valence-corrected chi connectivity index (χ4v) is 2.19. The van der Waals surface area contributed by atoms with Crippen molar-refractivity contribution in [2.24, 2.45) is 0 Å². The molecule has 2 aromatic rings. The molecule has 0 fully saturated rings. The first kappa shape index (κ1) is 20.6. The molecule has 0 aliphatic rings. The van der Waals surface area contributed by atoms with Crippen LogP contribution in [-0.4, -0.2) is 29.3 Å². The van der Waals surface area contributed by atoms with Crippen molar-refractivity contribution in [1.82, 2.24) is 0 Å². The highest BCUT2D eigenvalue weighted by atomic mass is 16.6. The molecule has 0 saturated heterocycles. The molecule has 0 aliphatic heterocycles. The van der Waals surface area contributed by atoms with E-state index in [4.69, 9.17) is 4.74 Å². The number of rotatable bonds is 7. The predicted octanol–water partition coefficient (Wildman–Crippen LogP) is 3.13. The van der Waals surface area contributed by atoms with Gasteiger partial charge < -0.3 is 15.4 Å². The molecule has 2 rings (SSSR count). The largest absolute Gasteiger partial charge is 0.462 e. The van der Waals surface area contributed by atoms with Gasteiger partial charge in [-0.15, -0.1) is 0 Å². The number of amides is 2. The Morgan fingerprint density at radius 3 is 2.29 bits per heavy atom. The van der Waals surface area contributed by atoms with E-state index in [9.17, 15) is 24.5 Å². The SMILES string of the molecule is CCCCOC(=O)c1ccccc1NC(=O)C(=O)Nc1ccc([N+](=O)[O-])cc1. The first-order valence-electron chi connectivity index (χ1n) is 8.55. The van der Waals surface area contributed by atoms with Crippen molar-refractivity contribution in [3.05, 3.63) is 64.2 Å². The van der Waals surface area contributed by atoms with Crippen LogP contribution in [0.15, 0.2) is 48.5 Å². The highest BCUT2D eigenvalue weighted by molar-refractivity contribution is 6.43. The lowest BCUT2D eigenvalue weighted by Gasteiger charge is -2.11. The van der Waals surface area contributed by atoms with Crippen LogP contribution in [-0.2, 0) is 14.3 Å². The third-order valence-electron chi connectivity index (χ3n) is 3.67. The van der Waals surface area contributed by atoms with Crippen molar-refractivity contribution in [3.8, 4) is 0 Å². The molecule has 2 N–H and O–H groups in total. The van der Waals surface area contributed by atoms with Crippen LogP contribution in [0.5, 0.6) is 0 Å². The smallest absolute Gasteiger partial charge is 0.340 e. The van der Waals surface area contributed by atoms with Crippen LogP contribution in [0.4, 0.5) is 17.1 Å². The summed E-state index contributed by atoms with van der Waals surface area (Å²) >= 11 is 0. The number of carbonyl (C=O) groups is 3. The first-order valence-corrected chi connectivity index (χ1v) is 8.55. The molecule has 28 heavy (non-hydrogen) atoms. The number of nitrogens with one attached hydrogen (secondary N) is 2. The van der Waals surface area contributed by atoms with Crippen molar-refractivity contribution in [3.63, 3.8) is 0 Å². The molecule has 0 bridgehead atoms. The molecule has 9 nitrogen and oxygen atoms in total. The Labute approximate surface area is 160 Å². The molecule has 0 aliphatic carbocycles. The second-order valence-electron chi connectivity index (χ2n) is 5.75. The predicted molar refractivity (Wildman–Crippen MR) is 102 cm³/mol. The van der Waals surface area contributed by atoms with Crippen LogP contribution < -0.4 is 10.6 Å². The summed E-state index contributed by atoms with van der Waals surface area (Å²) in [7, 11) is 0. The van der Waals surface area contributed by atoms with E-state index < -0.39 is 22.7 Å². The Morgan fingerprint density at radius 2 is 1.64 bits per heavy atom. The Bertz CT molecular complexity index is 879. The number of ether oxygens (including phenoxy) is 1. The zero-order valence-electron chi connectivity index (χ0n) is 15.1. The lowest BCUT2D eigenvalue weighted by Crippen LogP contribution is -2.29. The van der Waals surface area contributed by atoms with Gasteiger partial charge in [-0.2, -0.15) is 0 Å². The molecule has 0 aromatic heterocycles. The van der Waals surface area contributed by atoms with E-state index in [-0.39, 0.29) is 29.2 Å². The van der Waals surface area contributed by atoms with Crippen molar-refractivity contribution in [1.29, 1.82) is 0 Å². The zero-order chi connectivity index (χ0) is 20.5. The van der Waals surface area contributed by atoms with Crippen molar-refractivity contribution >= 4 is 34.8 Å². The minimum absolute atomic E-state index is 0.134. The molecule has 0 atom stereocenters. The number of unbranched alkanes of at least 4 members (excludes halogenated alkanes) is 1. The van der Waals surface area contributed by atoms with E-state index in [1.54, 1.807) is 12.1 Å². The Hall–Kier alpha value is -3.75. The number of esters is 1. The van der Waals surface area contributed by atoms with E-state index in [1.807, 2.05) is 6.92 Å². The molecule has 2 aromatic carbocycles. The van der Waals surface area contributed by atoms with E-state index in [0.29, 0.717) is 0 Å². The van der Waals surface area contributed by atoms with Gasteiger partial charge in [0.1, 0.15) is 0 Å². The molecule has 146 valence electrons. The highest BCUT2D eigenvalue weighted by Crippen LogP contribution is 2.18. The van der Waals surface area contributed by atoms with Gasteiger partial charge in [0.15, 0.2) is 0 Å². The summed E-state index contributed by atoms with van der Waals surface area (Å²) in [4.78, 5) is 46.4. The van der Waals surface area contributed by atoms with Crippen LogP contribution in [0.25, 0.3) is 0 Å². The molecule has 0 radical (unpaired) electrons. The quantitative estimate of drug-likeness (QED) is 0.248. The lowest BCUT2D eigenvalue weighted by atomic mass is 10.1. The van der Waals surface area contributed by atoms with Crippen LogP contribution in [0.2, 0.25) is 0 Å². The molecule has 0 heterocycles. The number of para-hydroxylation sites is 1. The molecule has 0 spiro atoms. The molecule has 0 saturated carbocycles. The molecular weight excluding hydrogens is 366 g/mol. The number of nitro benzene ring substituents is 1. The number of anilines is 2. The zero-order valence-corrected chi connectivity index (χ0v) is 15.1. The van der Waals surface area contributed by atoms with Gasteiger partial charge in [0.05, 0.1) is 22.8 Å². The van der Waals surface area contributed by atoms with E-state index in [1.165, 1.54) is 36.4 Å². The van der Waals surface area contributed by atoms with Crippen molar-refractivity contribution < 1.29 is 24.0 Å². The number of carbonyl (C=O) groups excluding carboxylic acids is 3. The third kappa shape index (κ3) is 5.63. The van der Waals surface area contributed by atoms with E-state index in [0.717, 1.165) is 12.8 Å². The normalized spacial score (nSPS) is 10.0. The van der Waals surface area contributed by atoms with Gasteiger partial charge in [-0.1, -0.05) is 25.5 Å². The maximum Gasteiger partial charge on any atom is 0.340 e.